The number of nitrogens with two attached hydrogens (primary N) is 1. The summed E-state index contributed by atoms with van der Waals surface area (Å²) in [4.78, 5) is 11.6. The quantitative estimate of drug-likeness (QED) is 0.188. The van der Waals surface area contributed by atoms with Crippen molar-refractivity contribution in [1.29, 1.82) is 5.41 Å². The third-order valence-corrected chi connectivity index (χ3v) is 4.35. The molecule has 0 aromatic carbocycles. The average molecular weight is 406 g/mol. The Labute approximate surface area is 177 Å². The van der Waals surface area contributed by atoms with Gasteiger partial charge in [0, 0.05) is 19.2 Å². The Morgan fingerprint density at radius 2 is 2.00 bits per heavy atom. The van der Waals surface area contributed by atoms with Crippen molar-refractivity contribution in [3.63, 3.8) is 0 Å². The summed E-state index contributed by atoms with van der Waals surface area (Å²) in [6.45, 7) is 10.2. The van der Waals surface area contributed by atoms with Crippen molar-refractivity contribution in [1.82, 2.24) is 5.32 Å². The maximum absolute atomic E-state index is 13.3. The maximum Gasteiger partial charge on any atom is 0.220 e. The largest absolute Gasteiger partial charge is 0.405 e. The van der Waals surface area contributed by atoms with Gasteiger partial charge in [-0.1, -0.05) is 64.5 Å². The van der Waals surface area contributed by atoms with Gasteiger partial charge < -0.3 is 16.5 Å². The monoisotopic (exact) mass is 405 g/mol. The molecule has 0 aromatic heterocycles. The fraction of sp³-hybridized carbons (Fsp3) is 0.500. The highest BCUT2D eigenvalue weighted by Gasteiger charge is 2.13. The number of carbonyl (C=O) groups is 1. The molecule has 0 aliphatic heterocycles. The van der Waals surface area contributed by atoms with Gasteiger partial charge in [-0.05, 0) is 55.5 Å². The first-order chi connectivity index (χ1) is 14.0. The molecule has 0 spiro atoms. The van der Waals surface area contributed by atoms with Gasteiger partial charge in [0.15, 0.2) is 0 Å². The second-order valence-corrected chi connectivity index (χ2v) is 6.65. The van der Waals surface area contributed by atoms with Crippen LogP contribution in [-0.2, 0) is 4.79 Å². The fourth-order valence-corrected chi connectivity index (χ4v) is 2.63. The molecule has 0 fully saturated rings. The van der Waals surface area contributed by atoms with Gasteiger partial charge in [0.05, 0.1) is 0 Å². The number of hydrogen-bond acceptors (Lipinski definition) is 3. The second-order valence-electron chi connectivity index (χ2n) is 6.65. The average Bonchev–Trinajstić information content (AvgIpc) is 2.71. The third-order valence-electron chi connectivity index (χ3n) is 4.35. The highest BCUT2D eigenvalue weighted by Crippen LogP contribution is 2.24. The van der Waals surface area contributed by atoms with Crippen LogP contribution in [0.15, 0.2) is 61.1 Å². The highest BCUT2D eigenvalue weighted by molar-refractivity contribution is 5.76. The molecule has 2 atom stereocenters. The van der Waals surface area contributed by atoms with Gasteiger partial charge in [-0.25, -0.2) is 4.39 Å². The second kappa shape index (κ2) is 21.9. The van der Waals surface area contributed by atoms with Crippen molar-refractivity contribution < 1.29 is 9.18 Å². The van der Waals surface area contributed by atoms with Crippen LogP contribution in [0.5, 0.6) is 0 Å². The minimum Gasteiger partial charge on any atom is -0.405 e. The molecule has 0 bridgehead atoms. The van der Waals surface area contributed by atoms with Crippen LogP contribution in [0.4, 0.5) is 4.39 Å². The van der Waals surface area contributed by atoms with Crippen molar-refractivity contribution in [2.45, 2.75) is 59.3 Å². The standard InChI is InChI=1S/C20H31FN2O.C4H9N/c1-4-10-19(21)14-13-17(3)18(5-2)11-6-7-12-20(24)23-16-9-8-15-22;1-2-3-4-5/h4,8-10,13-15,17-18,22H,1,5-7,11-12,16H2,2-3H3,(H,23,24);3-4H,2,5H2,1H3/b9-8+,14-13-,19-10+,22-15?;4-3+. The van der Waals surface area contributed by atoms with Gasteiger partial charge in [-0.3, -0.25) is 4.79 Å². The Kier molecular flexibility index (Phi) is 21.7. The van der Waals surface area contributed by atoms with Crippen molar-refractivity contribution >= 4 is 12.1 Å². The highest BCUT2D eigenvalue weighted by atomic mass is 19.1. The summed E-state index contributed by atoms with van der Waals surface area (Å²) in [6, 6.07) is 0. The zero-order chi connectivity index (χ0) is 22.3. The van der Waals surface area contributed by atoms with E-state index < -0.39 is 0 Å². The molecule has 164 valence electrons. The van der Waals surface area contributed by atoms with E-state index in [0.717, 1.165) is 32.1 Å². The lowest BCUT2D eigenvalue weighted by atomic mass is 9.86. The Morgan fingerprint density at radius 1 is 1.28 bits per heavy atom. The number of carbonyl (C=O) groups excluding carboxylic acids is 1. The molecular weight excluding hydrogens is 365 g/mol. The molecule has 2 unspecified atom stereocenters. The molecule has 0 saturated carbocycles. The molecule has 4 nitrogen and oxygen atoms in total. The van der Waals surface area contributed by atoms with E-state index in [1.54, 1.807) is 18.4 Å². The summed E-state index contributed by atoms with van der Waals surface area (Å²) < 4.78 is 13.3. The molecule has 0 heterocycles. The predicted molar refractivity (Wildman–Crippen MR) is 124 cm³/mol. The minimum atomic E-state index is -0.277. The fourth-order valence-electron chi connectivity index (χ4n) is 2.63. The van der Waals surface area contributed by atoms with Crippen LogP contribution in [-0.4, -0.2) is 18.7 Å². The lowest BCUT2D eigenvalue weighted by Gasteiger charge is -2.19. The van der Waals surface area contributed by atoms with E-state index in [9.17, 15) is 9.18 Å². The van der Waals surface area contributed by atoms with Gasteiger partial charge in [0.2, 0.25) is 5.91 Å². The number of nitrogens with one attached hydrogen (secondary N) is 2. The Bertz CT molecular complexity index is 550. The number of rotatable bonds is 14. The number of amides is 1. The van der Waals surface area contributed by atoms with Crippen LogP contribution in [0.25, 0.3) is 0 Å². The normalized spacial score (nSPS) is 13.9. The maximum atomic E-state index is 13.3. The van der Waals surface area contributed by atoms with E-state index in [-0.39, 0.29) is 11.7 Å². The zero-order valence-corrected chi connectivity index (χ0v) is 18.4. The molecule has 0 radical (unpaired) electrons. The summed E-state index contributed by atoms with van der Waals surface area (Å²) in [5.41, 5.74) is 4.96. The van der Waals surface area contributed by atoms with Crippen molar-refractivity contribution in [3.05, 3.63) is 61.1 Å². The predicted octanol–water partition coefficient (Wildman–Crippen LogP) is 6.00. The van der Waals surface area contributed by atoms with E-state index in [2.05, 4.69) is 25.7 Å². The van der Waals surface area contributed by atoms with Crippen LogP contribution in [0, 0.1) is 17.2 Å². The Morgan fingerprint density at radius 3 is 2.52 bits per heavy atom. The van der Waals surface area contributed by atoms with Crippen LogP contribution in [0.1, 0.15) is 59.3 Å². The summed E-state index contributed by atoms with van der Waals surface area (Å²) in [5, 5.41) is 9.62. The van der Waals surface area contributed by atoms with Crippen LogP contribution in [0.3, 0.4) is 0 Å². The SMILES string of the molecule is C=C/C=C(F)\C=C/C(C)C(CC)CCCCC(=O)NC/C=C/C=N.CC/C=C/N. The van der Waals surface area contributed by atoms with Crippen molar-refractivity contribution in [2.24, 2.45) is 17.6 Å². The Balaban J connectivity index is 0. The third kappa shape index (κ3) is 20.1. The van der Waals surface area contributed by atoms with Gasteiger partial charge in [0.25, 0.3) is 0 Å². The minimum absolute atomic E-state index is 0.0438. The number of unbranched alkanes of at least 4 members (excludes halogenated alkanes) is 1. The van der Waals surface area contributed by atoms with E-state index in [1.165, 1.54) is 24.4 Å². The molecule has 4 N–H and O–H groups in total. The molecule has 0 aliphatic carbocycles. The molecule has 0 aliphatic rings. The van der Waals surface area contributed by atoms with Gasteiger partial charge >= 0.3 is 0 Å². The van der Waals surface area contributed by atoms with Crippen LogP contribution in [0.2, 0.25) is 0 Å². The molecule has 0 rings (SSSR count). The van der Waals surface area contributed by atoms with E-state index >= 15 is 0 Å². The first-order valence-electron chi connectivity index (χ1n) is 10.4. The van der Waals surface area contributed by atoms with E-state index in [4.69, 9.17) is 11.1 Å². The molecule has 0 saturated heterocycles. The number of halogens is 1. The summed E-state index contributed by atoms with van der Waals surface area (Å²) in [7, 11) is 0. The molecular formula is C24H40FN3O. The summed E-state index contributed by atoms with van der Waals surface area (Å²) in [6.07, 6.45) is 19.7. The van der Waals surface area contributed by atoms with Crippen LogP contribution >= 0.6 is 0 Å². The summed E-state index contributed by atoms with van der Waals surface area (Å²) >= 11 is 0. The number of hydrogen-bond donors (Lipinski definition) is 3. The van der Waals surface area contributed by atoms with Gasteiger partial charge in [0.1, 0.15) is 5.83 Å². The first kappa shape index (κ1) is 28.8. The van der Waals surface area contributed by atoms with Gasteiger partial charge in [-0.2, -0.15) is 0 Å². The lowest BCUT2D eigenvalue weighted by Crippen LogP contribution is -2.22. The van der Waals surface area contributed by atoms with E-state index in [1.807, 2.05) is 19.1 Å². The number of allylic oxidation sites excluding steroid dienone is 7. The van der Waals surface area contributed by atoms with Crippen molar-refractivity contribution in [3.8, 4) is 0 Å². The molecule has 1 amide bonds. The van der Waals surface area contributed by atoms with Crippen LogP contribution < -0.4 is 11.1 Å². The zero-order valence-electron chi connectivity index (χ0n) is 18.4. The first-order valence-corrected chi connectivity index (χ1v) is 10.4. The lowest BCUT2D eigenvalue weighted by molar-refractivity contribution is -0.121. The molecule has 0 aromatic rings. The smallest absolute Gasteiger partial charge is 0.220 e. The van der Waals surface area contributed by atoms with Crippen molar-refractivity contribution in [2.75, 3.05) is 6.54 Å². The van der Waals surface area contributed by atoms with E-state index in [0.29, 0.717) is 24.8 Å². The van der Waals surface area contributed by atoms with Gasteiger partial charge in [-0.15, -0.1) is 0 Å². The topological polar surface area (TPSA) is 79.0 Å². The summed E-state index contributed by atoms with van der Waals surface area (Å²) in [5.74, 6) is 0.568. The molecule has 5 heteroatoms. The Hall–Kier alpha value is -2.43. The molecule has 29 heavy (non-hydrogen) atoms.